The van der Waals surface area contributed by atoms with Gasteiger partial charge in [0.2, 0.25) is 0 Å². The summed E-state index contributed by atoms with van der Waals surface area (Å²) in [6.07, 6.45) is 2.51. The van der Waals surface area contributed by atoms with Crippen LogP contribution < -0.4 is 9.47 Å². The van der Waals surface area contributed by atoms with Gasteiger partial charge in [0.1, 0.15) is 17.5 Å². The third kappa shape index (κ3) is 3.96. The van der Waals surface area contributed by atoms with Crippen LogP contribution in [-0.2, 0) is 4.79 Å². The van der Waals surface area contributed by atoms with Gasteiger partial charge >= 0.3 is 5.97 Å². The van der Waals surface area contributed by atoms with E-state index in [0.717, 1.165) is 28.4 Å². The van der Waals surface area contributed by atoms with Gasteiger partial charge in [-0.25, -0.2) is 0 Å². The van der Waals surface area contributed by atoms with Crippen molar-refractivity contribution in [2.75, 3.05) is 20.8 Å². The second-order valence-electron chi connectivity index (χ2n) is 6.59. The van der Waals surface area contributed by atoms with Crippen LogP contribution in [-0.4, -0.2) is 42.8 Å². The Balaban J connectivity index is 2.24. The Morgan fingerprint density at radius 2 is 1.78 bits per heavy atom. The van der Waals surface area contributed by atoms with Crippen LogP contribution in [0.15, 0.2) is 46.9 Å². The summed E-state index contributed by atoms with van der Waals surface area (Å²) in [6.45, 7) is 0.699. The number of benzene rings is 2. The van der Waals surface area contributed by atoms with Gasteiger partial charge in [0, 0.05) is 4.47 Å². The van der Waals surface area contributed by atoms with Gasteiger partial charge in [-0.3, -0.25) is 9.69 Å². The fraction of sp³-hybridized carbons (Fsp3) is 0.381. The molecule has 0 spiro atoms. The van der Waals surface area contributed by atoms with Crippen LogP contribution in [0.25, 0.3) is 0 Å². The summed E-state index contributed by atoms with van der Waals surface area (Å²) >= 11 is 3.66. The van der Waals surface area contributed by atoms with E-state index in [1.165, 1.54) is 0 Å². The Hall–Kier alpha value is -2.05. The van der Waals surface area contributed by atoms with E-state index in [0.29, 0.717) is 24.5 Å². The Morgan fingerprint density at radius 3 is 2.37 bits per heavy atom. The Bertz CT molecular complexity index is 788. The van der Waals surface area contributed by atoms with Gasteiger partial charge in [-0.15, -0.1) is 0 Å². The number of carboxylic acid groups (broad SMARTS) is 1. The van der Waals surface area contributed by atoms with Crippen molar-refractivity contribution < 1.29 is 19.4 Å². The molecule has 0 radical (unpaired) electrons. The van der Waals surface area contributed by atoms with Gasteiger partial charge in [0.05, 0.1) is 25.8 Å². The predicted octanol–water partition coefficient (Wildman–Crippen LogP) is 4.49. The molecule has 1 saturated heterocycles. The van der Waals surface area contributed by atoms with Crippen LogP contribution in [0.5, 0.6) is 11.5 Å². The first kappa shape index (κ1) is 19.7. The Labute approximate surface area is 168 Å². The van der Waals surface area contributed by atoms with Crippen molar-refractivity contribution in [1.29, 1.82) is 0 Å². The molecule has 0 saturated carbocycles. The van der Waals surface area contributed by atoms with Crippen LogP contribution in [0.3, 0.4) is 0 Å². The second kappa shape index (κ2) is 8.76. The monoisotopic (exact) mass is 433 g/mol. The fourth-order valence-corrected chi connectivity index (χ4v) is 4.38. The van der Waals surface area contributed by atoms with Crippen LogP contribution in [0.2, 0.25) is 0 Å². The molecule has 3 rings (SSSR count). The maximum Gasteiger partial charge on any atom is 0.320 e. The summed E-state index contributed by atoms with van der Waals surface area (Å²) in [6, 6.07) is 12.7. The standard InChI is InChI=1S/C21H24BrNO4/c1-26-17-11-7-12-18(27-2)19(17)20(14-8-3-4-9-15(14)22)23-13-6-5-10-16(23)21(24)25/h3-4,7-9,11-12,16,20H,5-6,10,13H2,1-2H3,(H,24,25). The van der Waals surface area contributed by atoms with Gasteiger partial charge < -0.3 is 14.6 Å². The lowest BCUT2D eigenvalue weighted by Gasteiger charge is -2.40. The molecule has 0 amide bonds. The van der Waals surface area contributed by atoms with Crippen molar-refractivity contribution in [3.63, 3.8) is 0 Å². The van der Waals surface area contributed by atoms with Crippen molar-refractivity contribution in [3.05, 3.63) is 58.1 Å². The molecular weight excluding hydrogens is 410 g/mol. The van der Waals surface area contributed by atoms with E-state index in [4.69, 9.17) is 9.47 Å². The normalized spacial score (nSPS) is 18.7. The van der Waals surface area contributed by atoms with Crippen LogP contribution in [0.4, 0.5) is 0 Å². The van der Waals surface area contributed by atoms with Crippen LogP contribution >= 0.6 is 15.9 Å². The molecule has 1 aliphatic heterocycles. The minimum Gasteiger partial charge on any atom is -0.496 e. The molecule has 5 nitrogen and oxygen atoms in total. The number of hydrogen-bond acceptors (Lipinski definition) is 4. The number of halogens is 1. The molecule has 2 atom stereocenters. The average Bonchev–Trinajstić information content (AvgIpc) is 2.69. The molecule has 1 aliphatic rings. The summed E-state index contributed by atoms with van der Waals surface area (Å²) in [5, 5.41) is 9.86. The number of methoxy groups -OCH3 is 2. The summed E-state index contributed by atoms with van der Waals surface area (Å²) in [4.78, 5) is 14.1. The van der Waals surface area contributed by atoms with Gasteiger partial charge in [0.25, 0.3) is 0 Å². The minimum absolute atomic E-state index is 0.298. The lowest BCUT2D eigenvalue weighted by Crippen LogP contribution is -2.47. The highest BCUT2D eigenvalue weighted by Gasteiger charge is 2.38. The topological polar surface area (TPSA) is 59.0 Å². The van der Waals surface area contributed by atoms with Crippen LogP contribution in [0.1, 0.15) is 36.4 Å². The second-order valence-corrected chi connectivity index (χ2v) is 7.44. The molecule has 0 bridgehead atoms. The van der Waals surface area contributed by atoms with Crippen molar-refractivity contribution >= 4 is 21.9 Å². The number of aliphatic carboxylic acids is 1. The van der Waals surface area contributed by atoms with E-state index in [2.05, 4.69) is 20.8 Å². The van der Waals surface area contributed by atoms with Gasteiger partial charge in [-0.1, -0.05) is 46.6 Å². The molecule has 0 aromatic heterocycles. The number of nitrogens with zero attached hydrogens (tertiary/aromatic N) is 1. The number of piperidine rings is 1. The third-order valence-electron chi connectivity index (χ3n) is 5.10. The van der Waals surface area contributed by atoms with E-state index in [1.54, 1.807) is 14.2 Å². The molecule has 6 heteroatoms. The van der Waals surface area contributed by atoms with E-state index >= 15 is 0 Å². The molecule has 144 valence electrons. The van der Waals surface area contributed by atoms with Crippen LogP contribution in [0, 0.1) is 0 Å². The van der Waals surface area contributed by atoms with Crippen molar-refractivity contribution in [1.82, 2.24) is 4.90 Å². The number of likely N-dealkylation sites (tertiary alicyclic amines) is 1. The molecule has 0 aliphatic carbocycles. The van der Waals surface area contributed by atoms with E-state index in [1.807, 2.05) is 42.5 Å². The first-order valence-corrected chi connectivity index (χ1v) is 9.81. The highest BCUT2D eigenvalue weighted by Crippen LogP contribution is 2.44. The SMILES string of the molecule is COc1cccc(OC)c1C(c1ccccc1Br)N1CCCCC1C(=O)O. The van der Waals surface area contributed by atoms with Crippen molar-refractivity contribution in [3.8, 4) is 11.5 Å². The Kier molecular flexibility index (Phi) is 6.39. The van der Waals surface area contributed by atoms with Gasteiger partial charge in [-0.2, -0.15) is 0 Å². The highest BCUT2D eigenvalue weighted by molar-refractivity contribution is 9.10. The maximum absolute atomic E-state index is 12.0. The minimum atomic E-state index is -0.791. The smallest absolute Gasteiger partial charge is 0.320 e. The number of rotatable bonds is 6. The number of carbonyl (C=O) groups is 1. The summed E-state index contributed by atoms with van der Waals surface area (Å²) in [7, 11) is 3.25. The summed E-state index contributed by atoms with van der Waals surface area (Å²) in [5.41, 5.74) is 1.84. The zero-order chi connectivity index (χ0) is 19.4. The average molecular weight is 434 g/mol. The summed E-state index contributed by atoms with van der Waals surface area (Å²) in [5.74, 6) is 0.579. The molecule has 1 heterocycles. The van der Waals surface area contributed by atoms with E-state index in [-0.39, 0.29) is 6.04 Å². The van der Waals surface area contributed by atoms with Crippen molar-refractivity contribution in [2.24, 2.45) is 0 Å². The fourth-order valence-electron chi connectivity index (χ4n) is 3.87. The lowest BCUT2D eigenvalue weighted by atomic mass is 9.90. The van der Waals surface area contributed by atoms with Gasteiger partial charge in [0.15, 0.2) is 0 Å². The maximum atomic E-state index is 12.0. The number of ether oxygens (including phenoxy) is 2. The van der Waals surface area contributed by atoms with E-state index in [9.17, 15) is 9.90 Å². The third-order valence-corrected chi connectivity index (χ3v) is 5.82. The molecule has 2 aromatic carbocycles. The largest absolute Gasteiger partial charge is 0.496 e. The molecule has 1 N–H and O–H groups in total. The number of carboxylic acids is 1. The van der Waals surface area contributed by atoms with Gasteiger partial charge in [-0.05, 0) is 43.1 Å². The summed E-state index contributed by atoms with van der Waals surface area (Å²) < 4.78 is 12.2. The molecular formula is C21H24BrNO4. The van der Waals surface area contributed by atoms with Crippen molar-refractivity contribution in [2.45, 2.75) is 31.3 Å². The molecule has 2 aromatic rings. The highest BCUT2D eigenvalue weighted by atomic mass is 79.9. The van der Waals surface area contributed by atoms with E-state index < -0.39 is 12.0 Å². The zero-order valence-electron chi connectivity index (χ0n) is 15.5. The first-order valence-electron chi connectivity index (χ1n) is 9.02. The Morgan fingerprint density at radius 1 is 1.11 bits per heavy atom. The molecule has 2 unspecified atom stereocenters. The quantitative estimate of drug-likeness (QED) is 0.726. The lowest BCUT2D eigenvalue weighted by molar-refractivity contribution is -0.145. The zero-order valence-corrected chi connectivity index (χ0v) is 17.1. The predicted molar refractivity (Wildman–Crippen MR) is 108 cm³/mol. The molecule has 1 fully saturated rings. The number of hydrogen-bond donors (Lipinski definition) is 1. The first-order chi connectivity index (χ1) is 13.1. The molecule has 27 heavy (non-hydrogen) atoms.